The predicted octanol–water partition coefficient (Wildman–Crippen LogP) is 6.51. The van der Waals surface area contributed by atoms with Crippen LogP contribution in [0.15, 0.2) is 66.6 Å². The first-order valence-electron chi connectivity index (χ1n) is 11.9. The number of carbonyl (C=O) groups excluding carboxylic acids is 1. The summed E-state index contributed by atoms with van der Waals surface area (Å²) in [5.74, 6) is 1.05. The maximum absolute atomic E-state index is 11.7. The third kappa shape index (κ3) is 6.19. The van der Waals surface area contributed by atoms with Crippen LogP contribution in [-0.2, 0) is 4.79 Å². The van der Waals surface area contributed by atoms with Crippen molar-refractivity contribution in [1.82, 2.24) is 14.9 Å². The zero-order valence-corrected chi connectivity index (χ0v) is 21.9. The van der Waals surface area contributed by atoms with Gasteiger partial charge in [-0.15, -0.1) is 11.3 Å². The van der Waals surface area contributed by atoms with Crippen molar-refractivity contribution in [2.75, 3.05) is 36.1 Å². The van der Waals surface area contributed by atoms with Crippen LogP contribution in [0.2, 0.25) is 5.02 Å². The molecule has 0 saturated carbocycles. The van der Waals surface area contributed by atoms with Crippen LogP contribution in [-0.4, -0.2) is 47.0 Å². The van der Waals surface area contributed by atoms with Crippen LogP contribution < -0.4 is 20.7 Å². The number of hydrogen-bond donors (Lipinski definition) is 3. The van der Waals surface area contributed by atoms with E-state index in [1.807, 2.05) is 29.6 Å². The molecule has 2 aromatic heterocycles. The average Bonchev–Trinajstić information content (AvgIpc) is 3.36. The zero-order valence-electron chi connectivity index (χ0n) is 20.3. The summed E-state index contributed by atoms with van der Waals surface area (Å²) in [7, 11) is 2.15. The molecule has 3 N–H and O–H groups in total. The van der Waals surface area contributed by atoms with Crippen LogP contribution in [0.5, 0.6) is 11.6 Å². The van der Waals surface area contributed by atoms with Gasteiger partial charge in [-0.3, -0.25) is 4.79 Å². The van der Waals surface area contributed by atoms with E-state index in [2.05, 4.69) is 44.4 Å². The Bertz CT molecular complexity index is 1430. The molecule has 37 heavy (non-hydrogen) atoms. The highest BCUT2D eigenvalue weighted by molar-refractivity contribution is 7.17. The number of carbonyl (C=O) groups is 1. The Morgan fingerprint density at radius 2 is 2.00 bits per heavy atom. The fourth-order valence-electron chi connectivity index (χ4n) is 4.12. The third-order valence-electron chi connectivity index (χ3n) is 6.08. The number of benzene rings is 2. The van der Waals surface area contributed by atoms with Crippen molar-refractivity contribution in [2.45, 2.75) is 18.9 Å². The molecule has 5 rings (SSSR count). The first kappa shape index (κ1) is 25.0. The second-order valence-electron chi connectivity index (χ2n) is 8.85. The van der Waals surface area contributed by atoms with E-state index >= 15 is 0 Å². The summed E-state index contributed by atoms with van der Waals surface area (Å²) in [5.41, 5.74) is 3.05. The first-order valence-corrected chi connectivity index (χ1v) is 13.2. The number of aromatic nitrogens is 2. The first-order chi connectivity index (χ1) is 18.0. The molecule has 8 nitrogen and oxygen atoms in total. The average molecular weight is 535 g/mol. The molecule has 3 heterocycles. The molecule has 0 spiro atoms. The molecular weight excluding hydrogens is 508 g/mol. The molecule has 4 aromatic rings. The molecular formula is C27H27ClN6O2S. The molecule has 1 aliphatic rings. The van der Waals surface area contributed by atoms with Crippen molar-refractivity contribution >= 4 is 62.1 Å². The van der Waals surface area contributed by atoms with E-state index in [9.17, 15) is 4.79 Å². The quantitative estimate of drug-likeness (QED) is 0.222. The van der Waals surface area contributed by atoms with Gasteiger partial charge in [0.15, 0.2) is 0 Å². The minimum atomic E-state index is -0.294. The van der Waals surface area contributed by atoms with Crippen molar-refractivity contribution in [3.63, 3.8) is 0 Å². The lowest BCUT2D eigenvalue weighted by Gasteiger charge is -2.30. The van der Waals surface area contributed by atoms with Crippen molar-refractivity contribution in [3.8, 4) is 11.6 Å². The van der Waals surface area contributed by atoms with Crippen LogP contribution >= 0.6 is 22.9 Å². The number of rotatable bonds is 8. The molecule has 0 aliphatic carbocycles. The van der Waals surface area contributed by atoms with E-state index in [0.717, 1.165) is 47.5 Å². The topological polar surface area (TPSA) is 91.4 Å². The Labute approximate surface area is 224 Å². The van der Waals surface area contributed by atoms with E-state index in [1.165, 1.54) is 17.4 Å². The highest BCUT2D eigenvalue weighted by Crippen LogP contribution is 2.34. The summed E-state index contributed by atoms with van der Waals surface area (Å²) in [4.78, 5) is 23.2. The van der Waals surface area contributed by atoms with Gasteiger partial charge >= 0.3 is 0 Å². The van der Waals surface area contributed by atoms with Crippen LogP contribution in [0, 0.1) is 0 Å². The lowest BCUT2D eigenvalue weighted by Crippen LogP contribution is -2.36. The number of hydrogen-bond acceptors (Lipinski definition) is 8. The van der Waals surface area contributed by atoms with E-state index in [1.54, 1.807) is 24.3 Å². The molecule has 1 saturated heterocycles. The fourth-order valence-corrected chi connectivity index (χ4v) is 5.11. The highest BCUT2D eigenvalue weighted by atomic mass is 35.5. The lowest BCUT2D eigenvalue weighted by molar-refractivity contribution is -0.111. The molecule has 1 aliphatic heterocycles. The summed E-state index contributed by atoms with van der Waals surface area (Å²) in [6.45, 7) is 5.64. The summed E-state index contributed by atoms with van der Waals surface area (Å²) in [6, 6.07) is 15.2. The Hall–Kier alpha value is -3.66. The lowest BCUT2D eigenvalue weighted by atomic mass is 10.1. The summed E-state index contributed by atoms with van der Waals surface area (Å²) in [6.07, 6.45) is 3.40. The number of piperidine rings is 1. The Morgan fingerprint density at radius 3 is 2.78 bits per heavy atom. The highest BCUT2D eigenvalue weighted by Gasteiger charge is 2.18. The van der Waals surface area contributed by atoms with Crippen molar-refractivity contribution in [2.24, 2.45) is 0 Å². The second-order valence-corrected chi connectivity index (χ2v) is 10.2. The van der Waals surface area contributed by atoms with E-state index in [-0.39, 0.29) is 5.91 Å². The number of ether oxygens (including phenoxy) is 1. The van der Waals surface area contributed by atoms with Crippen LogP contribution in [0.3, 0.4) is 0 Å². The van der Waals surface area contributed by atoms with Gasteiger partial charge in [0.1, 0.15) is 10.4 Å². The maximum Gasteiger partial charge on any atom is 0.247 e. The Morgan fingerprint density at radius 1 is 1.16 bits per heavy atom. The van der Waals surface area contributed by atoms with Gasteiger partial charge in [-0.1, -0.05) is 24.2 Å². The number of nitrogens with one attached hydrogen (secondary N) is 3. The number of nitrogens with zero attached hydrogens (tertiary/aromatic N) is 3. The van der Waals surface area contributed by atoms with Gasteiger partial charge in [0.2, 0.25) is 17.7 Å². The van der Waals surface area contributed by atoms with Gasteiger partial charge in [-0.2, -0.15) is 4.98 Å². The second kappa shape index (κ2) is 11.2. The third-order valence-corrected chi connectivity index (χ3v) is 7.28. The zero-order chi connectivity index (χ0) is 25.8. The molecule has 0 atom stereocenters. The summed E-state index contributed by atoms with van der Waals surface area (Å²) in [5, 5.41) is 12.1. The van der Waals surface area contributed by atoms with Gasteiger partial charge in [0.05, 0.1) is 16.2 Å². The van der Waals surface area contributed by atoms with Gasteiger partial charge < -0.3 is 25.6 Å². The molecule has 1 amide bonds. The number of fused-ring (bicyclic) bond motifs is 1. The van der Waals surface area contributed by atoms with Crippen molar-refractivity contribution < 1.29 is 9.53 Å². The van der Waals surface area contributed by atoms with E-state index < -0.39 is 0 Å². The fraction of sp³-hybridized carbons (Fsp3) is 0.222. The number of likely N-dealkylation sites (tertiary alicyclic amines) is 1. The van der Waals surface area contributed by atoms with E-state index in [4.69, 9.17) is 16.3 Å². The molecule has 0 unspecified atom stereocenters. The van der Waals surface area contributed by atoms with Crippen LogP contribution in [0.1, 0.15) is 12.8 Å². The summed E-state index contributed by atoms with van der Waals surface area (Å²) >= 11 is 8.10. The largest absolute Gasteiger partial charge is 0.437 e. The molecule has 0 radical (unpaired) electrons. The predicted molar refractivity (Wildman–Crippen MR) is 152 cm³/mol. The van der Waals surface area contributed by atoms with Crippen LogP contribution in [0.4, 0.5) is 23.0 Å². The minimum absolute atomic E-state index is 0.294. The molecule has 0 bridgehead atoms. The maximum atomic E-state index is 11.7. The van der Waals surface area contributed by atoms with Gasteiger partial charge in [-0.05, 0) is 80.8 Å². The standard InChI is InChI=1S/C27H27ClN6O2S/c1-3-24(35)30-18-5-4-6-20(15-18)36-26-25-23(11-14-37-25)32-27(33-26)31-19-7-8-22(21(28)16-19)29-17-9-12-34(2)13-10-17/h3-8,11,14-17,29H,1,9-10,12-13H2,2H3,(H,30,35)(H,31,32,33). The van der Waals surface area contributed by atoms with Gasteiger partial charge in [0.25, 0.3) is 0 Å². The molecule has 1 fully saturated rings. The summed E-state index contributed by atoms with van der Waals surface area (Å²) < 4.78 is 6.94. The van der Waals surface area contributed by atoms with Crippen molar-refractivity contribution in [1.29, 1.82) is 0 Å². The molecule has 190 valence electrons. The normalized spacial score (nSPS) is 14.3. The molecule has 10 heteroatoms. The SMILES string of the molecule is C=CC(=O)Nc1cccc(Oc2nc(Nc3ccc(NC4CCN(C)CC4)c(Cl)c3)nc3ccsc23)c1. The van der Waals surface area contributed by atoms with Crippen LogP contribution in [0.25, 0.3) is 10.2 Å². The number of amides is 1. The van der Waals surface area contributed by atoms with Gasteiger partial charge in [-0.25, -0.2) is 4.98 Å². The van der Waals surface area contributed by atoms with Crippen molar-refractivity contribution in [3.05, 3.63) is 71.6 Å². The van der Waals surface area contributed by atoms with Gasteiger partial charge in [0, 0.05) is 23.5 Å². The smallest absolute Gasteiger partial charge is 0.247 e. The van der Waals surface area contributed by atoms with E-state index in [0.29, 0.717) is 34.3 Å². The number of thiophene rings is 1. The Kier molecular flexibility index (Phi) is 7.55. The monoisotopic (exact) mass is 534 g/mol. The number of halogens is 1. The minimum Gasteiger partial charge on any atom is -0.437 e. The Balaban J connectivity index is 1.33. The number of anilines is 4. The molecule has 2 aromatic carbocycles.